The molecule has 86 valence electrons. The molecule has 5 N–H and O–H groups in total. The van der Waals surface area contributed by atoms with Crippen LogP contribution in [0.4, 0.5) is 0 Å². The molecule has 0 bridgehead atoms. The van der Waals surface area contributed by atoms with Crippen molar-refractivity contribution in [3.8, 4) is 0 Å². The van der Waals surface area contributed by atoms with E-state index in [-0.39, 0.29) is 25.4 Å². The topological polar surface area (TPSA) is 119 Å². The average molecular weight is 216 g/mol. The minimum Gasteiger partial charge on any atom is -0.368 e. The number of carbonyl (C=O) groups is 3. The summed E-state index contributed by atoms with van der Waals surface area (Å²) in [5.41, 5.74) is 9.87. The van der Waals surface area contributed by atoms with Gasteiger partial charge in [-0.1, -0.05) is 0 Å². The van der Waals surface area contributed by atoms with Gasteiger partial charge in [-0.25, -0.2) is 0 Å². The van der Waals surface area contributed by atoms with Crippen LogP contribution in [-0.2, 0) is 14.4 Å². The lowest BCUT2D eigenvalue weighted by molar-refractivity contribution is -0.138. The maximum Gasteiger partial charge on any atom is 0.237 e. The second-order valence-electron chi connectivity index (χ2n) is 3.04. The quantitative estimate of drug-likeness (QED) is 0.432. The van der Waals surface area contributed by atoms with Crippen molar-refractivity contribution in [1.29, 1.82) is 0 Å². The summed E-state index contributed by atoms with van der Waals surface area (Å²) in [5.74, 6) is -1.68. The zero-order valence-electron chi connectivity index (χ0n) is 8.66. The standard InChI is InChI=1S/C8H16N4O3/c1-11-3-2-8(15)12(4-6(9)13)5-7(10)14/h11H,2-5H2,1H3,(H2,9,13)(H2,10,14). The van der Waals surface area contributed by atoms with E-state index in [1.807, 2.05) is 0 Å². The van der Waals surface area contributed by atoms with Gasteiger partial charge in [0.25, 0.3) is 0 Å². The molecule has 0 spiro atoms. The van der Waals surface area contributed by atoms with Crippen LogP contribution in [0.1, 0.15) is 6.42 Å². The first kappa shape index (κ1) is 13.4. The molecule has 0 saturated carbocycles. The van der Waals surface area contributed by atoms with Crippen molar-refractivity contribution in [2.45, 2.75) is 6.42 Å². The highest BCUT2D eigenvalue weighted by Crippen LogP contribution is 1.93. The van der Waals surface area contributed by atoms with Crippen LogP contribution < -0.4 is 16.8 Å². The molecule has 7 heteroatoms. The molecule has 0 aliphatic rings. The predicted molar refractivity (Wildman–Crippen MR) is 53.5 cm³/mol. The van der Waals surface area contributed by atoms with Crippen LogP contribution in [0, 0.1) is 0 Å². The Kier molecular flexibility index (Phi) is 6.03. The summed E-state index contributed by atoms with van der Waals surface area (Å²) < 4.78 is 0. The van der Waals surface area contributed by atoms with Crippen LogP contribution in [0.5, 0.6) is 0 Å². The lowest BCUT2D eigenvalue weighted by Crippen LogP contribution is -2.43. The first-order valence-corrected chi connectivity index (χ1v) is 4.46. The lowest BCUT2D eigenvalue weighted by atomic mass is 10.3. The summed E-state index contributed by atoms with van der Waals surface area (Å²) in [6.07, 6.45) is 0.192. The fourth-order valence-corrected chi connectivity index (χ4v) is 0.999. The molecule has 0 aliphatic carbocycles. The molecule has 0 aliphatic heterocycles. The van der Waals surface area contributed by atoms with E-state index < -0.39 is 11.8 Å². The van der Waals surface area contributed by atoms with Crippen molar-refractivity contribution in [2.24, 2.45) is 11.5 Å². The minimum atomic E-state index is -0.672. The Labute approximate surface area is 87.8 Å². The Morgan fingerprint density at radius 1 is 1.13 bits per heavy atom. The van der Waals surface area contributed by atoms with Gasteiger partial charge in [-0.2, -0.15) is 0 Å². The third kappa shape index (κ3) is 6.44. The normalized spacial score (nSPS) is 9.67. The van der Waals surface area contributed by atoms with Crippen molar-refractivity contribution in [2.75, 3.05) is 26.7 Å². The summed E-state index contributed by atoms with van der Waals surface area (Å²) >= 11 is 0. The Morgan fingerprint density at radius 2 is 1.60 bits per heavy atom. The molecular weight excluding hydrogens is 200 g/mol. The van der Waals surface area contributed by atoms with E-state index in [4.69, 9.17) is 11.5 Å². The smallest absolute Gasteiger partial charge is 0.237 e. The number of nitrogens with zero attached hydrogens (tertiary/aromatic N) is 1. The zero-order chi connectivity index (χ0) is 11.8. The van der Waals surface area contributed by atoms with Crippen molar-refractivity contribution < 1.29 is 14.4 Å². The minimum absolute atomic E-state index is 0.192. The largest absolute Gasteiger partial charge is 0.368 e. The van der Waals surface area contributed by atoms with Crippen LogP contribution in [0.25, 0.3) is 0 Å². The van der Waals surface area contributed by atoms with E-state index in [0.29, 0.717) is 6.54 Å². The molecule has 3 amide bonds. The molecule has 0 saturated heterocycles. The number of nitrogens with two attached hydrogens (primary N) is 2. The predicted octanol–water partition coefficient (Wildman–Crippen LogP) is -2.60. The molecule has 0 heterocycles. The number of hydrogen-bond donors (Lipinski definition) is 3. The third-order valence-electron chi connectivity index (χ3n) is 1.63. The maximum absolute atomic E-state index is 11.4. The first-order chi connectivity index (χ1) is 6.97. The first-order valence-electron chi connectivity index (χ1n) is 4.46. The van der Waals surface area contributed by atoms with Gasteiger partial charge in [-0.3, -0.25) is 14.4 Å². The number of primary amides is 2. The third-order valence-corrected chi connectivity index (χ3v) is 1.63. The van der Waals surface area contributed by atoms with Crippen LogP contribution in [0.2, 0.25) is 0 Å². The number of amides is 3. The van der Waals surface area contributed by atoms with Gasteiger partial charge < -0.3 is 21.7 Å². The zero-order valence-corrected chi connectivity index (χ0v) is 8.66. The molecule has 0 fully saturated rings. The highest BCUT2D eigenvalue weighted by atomic mass is 16.2. The number of hydrogen-bond acceptors (Lipinski definition) is 4. The number of nitrogens with one attached hydrogen (secondary N) is 1. The molecular formula is C8H16N4O3. The molecule has 7 nitrogen and oxygen atoms in total. The van der Waals surface area contributed by atoms with Crippen LogP contribution in [0.3, 0.4) is 0 Å². The van der Waals surface area contributed by atoms with Crippen LogP contribution in [0.15, 0.2) is 0 Å². The van der Waals surface area contributed by atoms with Crippen molar-refractivity contribution >= 4 is 17.7 Å². The molecule has 0 rings (SSSR count). The van der Waals surface area contributed by atoms with Gasteiger partial charge in [0.1, 0.15) is 0 Å². The van der Waals surface area contributed by atoms with Crippen LogP contribution in [-0.4, -0.2) is 49.3 Å². The fourth-order valence-electron chi connectivity index (χ4n) is 0.999. The molecule has 0 aromatic rings. The second kappa shape index (κ2) is 6.77. The van der Waals surface area contributed by atoms with E-state index >= 15 is 0 Å². The summed E-state index contributed by atoms with van der Waals surface area (Å²) in [7, 11) is 1.69. The number of carbonyl (C=O) groups excluding carboxylic acids is 3. The molecule has 0 aromatic heterocycles. The van der Waals surface area contributed by atoms with Crippen molar-refractivity contribution in [3.05, 3.63) is 0 Å². The Morgan fingerprint density at radius 3 is 1.93 bits per heavy atom. The monoisotopic (exact) mass is 216 g/mol. The van der Waals surface area contributed by atoms with E-state index in [1.165, 1.54) is 0 Å². The van der Waals surface area contributed by atoms with Gasteiger partial charge in [0, 0.05) is 13.0 Å². The van der Waals surface area contributed by atoms with Crippen molar-refractivity contribution in [1.82, 2.24) is 10.2 Å². The summed E-state index contributed by atoms with van der Waals surface area (Å²) in [6.45, 7) is -0.107. The number of rotatable bonds is 7. The summed E-state index contributed by atoms with van der Waals surface area (Å²) in [6, 6.07) is 0. The Hall–Kier alpha value is -1.63. The van der Waals surface area contributed by atoms with E-state index in [0.717, 1.165) is 4.90 Å². The SMILES string of the molecule is CNCCC(=O)N(CC(N)=O)CC(N)=O. The Bertz CT molecular complexity index is 238. The lowest BCUT2D eigenvalue weighted by Gasteiger charge is -2.19. The van der Waals surface area contributed by atoms with Gasteiger partial charge in [0.15, 0.2) is 0 Å². The highest BCUT2D eigenvalue weighted by Gasteiger charge is 2.16. The van der Waals surface area contributed by atoms with Gasteiger partial charge in [-0.15, -0.1) is 0 Å². The molecule has 0 unspecified atom stereocenters. The summed E-state index contributed by atoms with van der Waals surface area (Å²) in [5, 5.41) is 2.78. The summed E-state index contributed by atoms with van der Waals surface area (Å²) in [4.78, 5) is 33.7. The van der Waals surface area contributed by atoms with E-state index in [9.17, 15) is 14.4 Å². The van der Waals surface area contributed by atoms with Crippen molar-refractivity contribution in [3.63, 3.8) is 0 Å². The second-order valence-corrected chi connectivity index (χ2v) is 3.04. The Balaban J connectivity index is 4.26. The van der Waals surface area contributed by atoms with Gasteiger partial charge in [-0.05, 0) is 7.05 Å². The van der Waals surface area contributed by atoms with E-state index in [2.05, 4.69) is 5.32 Å². The molecule has 0 radical (unpaired) electrons. The van der Waals surface area contributed by atoms with Gasteiger partial charge >= 0.3 is 0 Å². The van der Waals surface area contributed by atoms with Gasteiger partial charge in [0.2, 0.25) is 17.7 Å². The highest BCUT2D eigenvalue weighted by molar-refractivity contribution is 5.88. The van der Waals surface area contributed by atoms with Crippen LogP contribution >= 0.6 is 0 Å². The molecule has 0 atom stereocenters. The molecule has 0 aromatic carbocycles. The van der Waals surface area contributed by atoms with E-state index in [1.54, 1.807) is 7.05 Å². The molecule has 15 heavy (non-hydrogen) atoms. The fraction of sp³-hybridized carbons (Fsp3) is 0.625. The maximum atomic E-state index is 11.4. The average Bonchev–Trinajstić information content (AvgIpc) is 2.11. The van der Waals surface area contributed by atoms with Gasteiger partial charge in [0.05, 0.1) is 13.1 Å².